The Morgan fingerprint density at radius 2 is 1.83 bits per heavy atom. The molecule has 0 spiro atoms. The Morgan fingerprint density at radius 3 is 2.40 bits per heavy atom. The molecule has 1 aliphatic rings. The largest absolute Gasteiger partial charge is 0.494 e. The van der Waals surface area contributed by atoms with Gasteiger partial charge in [-0.05, 0) is 44.5 Å². The summed E-state index contributed by atoms with van der Waals surface area (Å²) in [7, 11) is 0. The molecule has 9 nitrogen and oxygen atoms in total. The van der Waals surface area contributed by atoms with Gasteiger partial charge in [0.2, 0.25) is 5.88 Å². The summed E-state index contributed by atoms with van der Waals surface area (Å²) in [5.41, 5.74) is 1.03. The van der Waals surface area contributed by atoms with Gasteiger partial charge < -0.3 is 10.2 Å². The third kappa shape index (κ3) is 3.46. The normalized spacial score (nSPS) is 14.7. The van der Waals surface area contributed by atoms with Crippen molar-refractivity contribution >= 4 is 29.4 Å². The minimum Gasteiger partial charge on any atom is -0.494 e. The number of carboxylic acid groups (broad SMARTS) is 1. The van der Waals surface area contributed by atoms with Crippen LogP contribution in [0.1, 0.15) is 29.2 Å². The van der Waals surface area contributed by atoms with Gasteiger partial charge in [-0.1, -0.05) is 17.7 Å². The van der Waals surface area contributed by atoms with Crippen molar-refractivity contribution in [3.8, 4) is 11.9 Å². The average Bonchev–Trinajstić information content (AvgIpc) is 2.97. The van der Waals surface area contributed by atoms with E-state index in [1.54, 1.807) is 25.1 Å². The first-order valence-corrected chi connectivity index (χ1v) is 8.92. The number of benzene rings is 1. The third-order valence-corrected chi connectivity index (χ3v) is 4.77. The molecule has 0 saturated heterocycles. The van der Waals surface area contributed by atoms with Crippen LogP contribution in [0, 0.1) is 25.2 Å². The number of nitriles is 1. The number of aromatic nitrogens is 1. The number of hydrazone groups is 1. The number of carbonyl (C=O) groups excluding carboxylic acids is 1. The van der Waals surface area contributed by atoms with Gasteiger partial charge in [0.1, 0.15) is 18.2 Å². The number of rotatable bonds is 4. The van der Waals surface area contributed by atoms with Crippen LogP contribution in [-0.2, 0) is 16.1 Å². The van der Waals surface area contributed by atoms with Crippen molar-refractivity contribution < 1.29 is 19.8 Å². The molecule has 2 N–H and O–H groups in total. The first-order chi connectivity index (χ1) is 14.1. The molecule has 30 heavy (non-hydrogen) atoms. The highest BCUT2D eigenvalue weighted by Gasteiger charge is 2.30. The molecule has 1 aliphatic heterocycles. The number of hydrogen-bond donors (Lipinski definition) is 2. The van der Waals surface area contributed by atoms with Gasteiger partial charge in [0.25, 0.3) is 11.5 Å². The van der Waals surface area contributed by atoms with E-state index in [-0.39, 0.29) is 22.3 Å². The molecule has 0 aliphatic carbocycles. The molecule has 0 atom stereocenters. The molecule has 1 aromatic heterocycles. The van der Waals surface area contributed by atoms with E-state index in [1.807, 2.05) is 19.1 Å². The second kappa shape index (κ2) is 7.67. The molecule has 1 aromatic carbocycles. The standard InChI is InChI=1S/C21H18N4O5/c1-11-4-6-14(7-5-11)25-21(30)16(13(3)23-25)8-15-12(2)17(9-22)20(29)24(19(15)28)10-18(26)27/h4-8,28H,10H2,1-3H3,(H,26,27)/b16-8+. The summed E-state index contributed by atoms with van der Waals surface area (Å²) in [4.78, 5) is 36.4. The number of anilines is 1. The molecule has 0 fully saturated rings. The van der Waals surface area contributed by atoms with Gasteiger partial charge >= 0.3 is 5.97 Å². The highest BCUT2D eigenvalue weighted by atomic mass is 16.4. The molecule has 0 saturated carbocycles. The molecule has 152 valence electrons. The summed E-state index contributed by atoms with van der Waals surface area (Å²) in [6.45, 7) is 4.15. The molecule has 1 amide bonds. The van der Waals surface area contributed by atoms with Gasteiger partial charge in [-0.2, -0.15) is 15.4 Å². The van der Waals surface area contributed by atoms with Gasteiger partial charge in [-0.15, -0.1) is 0 Å². The van der Waals surface area contributed by atoms with Crippen molar-refractivity contribution in [1.82, 2.24) is 4.57 Å². The van der Waals surface area contributed by atoms with Crippen molar-refractivity contribution in [2.45, 2.75) is 27.3 Å². The lowest BCUT2D eigenvalue weighted by molar-refractivity contribution is -0.137. The lowest BCUT2D eigenvalue weighted by Gasteiger charge is -2.14. The molecule has 0 radical (unpaired) electrons. The molecular weight excluding hydrogens is 388 g/mol. The number of amides is 1. The minimum atomic E-state index is -1.36. The summed E-state index contributed by atoms with van der Waals surface area (Å²) in [6, 6.07) is 8.91. The maximum atomic E-state index is 12.9. The number of hydrogen-bond acceptors (Lipinski definition) is 6. The van der Waals surface area contributed by atoms with Crippen LogP contribution in [0.4, 0.5) is 5.69 Å². The zero-order chi connectivity index (χ0) is 22.2. The molecule has 2 aromatic rings. The van der Waals surface area contributed by atoms with Gasteiger partial charge in [-0.25, -0.2) is 0 Å². The van der Waals surface area contributed by atoms with Crippen LogP contribution in [-0.4, -0.2) is 32.4 Å². The molecule has 0 bridgehead atoms. The first kappa shape index (κ1) is 20.5. The van der Waals surface area contributed by atoms with Crippen LogP contribution in [0.25, 0.3) is 6.08 Å². The number of aryl methyl sites for hydroxylation is 1. The van der Waals surface area contributed by atoms with Gasteiger partial charge in [0, 0.05) is 5.56 Å². The van der Waals surface area contributed by atoms with Crippen LogP contribution in [0.3, 0.4) is 0 Å². The van der Waals surface area contributed by atoms with Crippen LogP contribution in [0.5, 0.6) is 5.88 Å². The van der Waals surface area contributed by atoms with Crippen molar-refractivity contribution in [2.75, 3.05) is 5.01 Å². The van der Waals surface area contributed by atoms with E-state index in [4.69, 9.17) is 5.11 Å². The van der Waals surface area contributed by atoms with Crippen molar-refractivity contribution in [1.29, 1.82) is 5.26 Å². The SMILES string of the molecule is CC1=NN(c2ccc(C)cc2)C(=O)/C1=C/c1c(C)c(C#N)c(=O)n(CC(=O)O)c1O. The number of carbonyl (C=O) groups is 2. The monoisotopic (exact) mass is 406 g/mol. The number of aromatic hydroxyl groups is 1. The molecule has 0 unspecified atom stereocenters. The third-order valence-electron chi connectivity index (χ3n) is 4.77. The lowest BCUT2D eigenvalue weighted by atomic mass is 10.0. The number of nitrogens with zero attached hydrogens (tertiary/aromatic N) is 4. The highest BCUT2D eigenvalue weighted by Crippen LogP contribution is 2.29. The second-order valence-electron chi connectivity index (χ2n) is 6.83. The summed E-state index contributed by atoms with van der Waals surface area (Å²) in [6.07, 6.45) is 1.32. The van der Waals surface area contributed by atoms with E-state index in [0.717, 1.165) is 5.56 Å². The number of carboxylic acids is 1. The predicted molar refractivity (Wildman–Crippen MR) is 109 cm³/mol. The highest BCUT2D eigenvalue weighted by molar-refractivity contribution is 6.32. The fourth-order valence-corrected chi connectivity index (χ4v) is 3.12. The Balaban J connectivity index is 2.15. The van der Waals surface area contributed by atoms with E-state index in [0.29, 0.717) is 16.0 Å². The first-order valence-electron chi connectivity index (χ1n) is 8.92. The van der Waals surface area contributed by atoms with Gasteiger partial charge in [-0.3, -0.25) is 19.0 Å². The Kier molecular flexibility index (Phi) is 5.26. The Morgan fingerprint density at radius 1 is 1.20 bits per heavy atom. The predicted octanol–water partition coefficient (Wildman–Crippen LogP) is 1.93. The fraction of sp³-hybridized carbons (Fsp3) is 0.190. The summed E-state index contributed by atoms with van der Waals surface area (Å²) < 4.78 is 0.587. The maximum absolute atomic E-state index is 12.9. The molecular formula is C21H18N4O5. The summed E-state index contributed by atoms with van der Waals surface area (Å²) in [5, 5.41) is 34.4. The Hall–Kier alpha value is -4.19. The fourth-order valence-electron chi connectivity index (χ4n) is 3.12. The van der Waals surface area contributed by atoms with E-state index in [1.165, 1.54) is 18.0 Å². The van der Waals surface area contributed by atoms with E-state index in [9.17, 15) is 24.8 Å². The van der Waals surface area contributed by atoms with E-state index < -0.39 is 29.9 Å². The molecule has 2 heterocycles. The maximum Gasteiger partial charge on any atom is 0.323 e. The van der Waals surface area contributed by atoms with Gasteiger partial charge in [0.05, 0.1) is 17.0 Å². The number of aliphatic carboxylic acids is 1. The molecule has 3 rings (SSSR count). The zero-order valence-electron chi connectivity index (χ0n) is 16.5. The quantitative estimate of drug-likeness (QED) is 0.745. The summed E-state index contributed by atoms with van der Waals surface area (Å²) in [5.74, 6) is -2.45. The Bertz CT molecular complexity index is 1230. The second-order valence-corrected chi connectivity index (χ2v) is 6.83. The smallest absolute Gasteiger partial charge is 0.323 e. The summed E-state index contributed by atoms with van der Waals surface area (Å²) >= 11 is 0. The van der Waals surface area contributed by atoms with Crippen molar-refractivity contribution in [3.05, 3.63) is 62.4 Å². The van der Waals surface area contributed by atoms with Crippen LogP contribution >= 0.6 is 0 Å². The lowest BCUT2D eigenvalue weighted by Crippen LogP contribution is -2.28. The van der Waals surface area contributed by atoms with Crippen LogP contribution in [0.15, 0.2) is 39.7 Å². The topological polar surface area (TPSA) is 136 Å². The molecule has 9 heteroatoms. The van der Waals surface area contributed by atoms with Crippen molar-refractivity contribution in [2.24, 2.45) is 5.10 Å². The average molecular weight is 406 g/mol. The number of pyridine rings is 1. The van der Waals surface area contributed by atoms with E-state index >= 15 is 0 Å². The zero-order valence-corrected chi connectivity index (χ0v) is 16.5. The van der Waals surface area contributed by atoms with E-state index in [2.05, 4.69) is 5.10 Å². The van der Waals surface area contributed by atoms with Crippen LogP contribution in [0.2, 0.25) is 0 Å². The van der Waals surface area contributed by atoms with Crippen molar-refractivity contribution in [3.63, 3.8) is 0 Å². The van der Waals surface area contributed by atoms with Gasteiger partial charge in [0.15, 0.2) is 0 Å². The van der Waals surface area contributed by atoms with Crippen LogP contribution < -0.4 is 10.6 Å². The Labute approximate surface area is 171 Å². The minimum absolute atomic E-state index is 0.0102.